The fourth-order valence-corrected chi connectivity index (χ4v) is 3.68. The summed E-state index contributed by atoms with van der Waals surface area (Å²) in [6.45, 7) is 4.11. The Morgan fingerprint density at radius 2 is 2.32 bits per heavy atom. The van der Waals surface area contributed by atoms with Gasteiger partial charge in [-0.3, -0.25) is 15.0 Å². The van der Waals surface area contributed by atoms with Crippen molar-refractivity contribution in [2.75, 3.05) is 38.2 Å². The average Bonchev–Trinajstić information content (AvgIpc) is 3.28. The number of ether oxygens (including phenoxy) is 2. The molecule has 3 amide bonds. The molecule has 10 heteroatoms. The Morgan fingerprint density at radius 1 is 1.48 bits per heavy atom. The first-order chi connectivity index (χ1) is 12.1. The molecule has 9 nitrogen and oxygen atoms in total. The first-order valence-electron chi connectivity index (χ1n) is 8.16. The first kappa shape index (κ1) is 17.5. The fraction of sp³-hybridized carbons (Fsp3) is 0.600. The van der Waals surface area contributed by atoms with Crippen LogP contribution < -0.4 is 5.32 Å². The second kappa shape index (κ2) is 7.68. The lowest BCUT2D eigenvalue weighted by atomic mass is 10.2. The maximum atomic E-state index is 12.3. The van der Waals surface area contributed by atoms with Gasteiger partial charge in [0.1, 0.15) is 6.61 Å². The minimum Gasteiger partial charge on any atom is -0.466 e. The summed E-state index contributed by atoms with van der Waals surface area (Å²) in [4.78, 5) is 43.6. The Labute approximate surface area is 148 Å². The summed E-state index contributed by atoms with van der Waals surface area (Å²) in [7, 11) is 0. The Morgan fingerprint density at radius 3 is 3.04 bits per heavy atom. The molecule has 1 atom stereocenters. The van der Waals surface area contributed by atoms with Gasteiger partial charge >= 0.3 is 18.1 Å². The SMILES string of the molecule is CCOC(=O)Cc1cnc(NC(=O)N2CCC(N3CCOC3=O)C2)s1. The zero-order valence-corrected chi connectivity index (χ0v) is 14.7. The molecule has 0 radical (unpaired) electrons. The molecule has 136 valence electrons. The van der Waals surface area contributed by atoms with Gasteiger partial charge in [0.2, 0.25) is 0 Å². The van der Waals surface area contributed by atoms with E-state index in [1.165, 1.54) is 11.3 Å². The first-order valence-corrected chi connectivity index (χ1v) is 8.98. The van der Waals surface area contributed by atoms with Crippen LogP contribution in [0.5, 0.6) is 0 Å². The Bertz CT molecular complexity index is 664. The van der Waals surface area contributed by atoms with Gasteiger partial charge in [-0.2, -0.15) is 0 Å². The molecule has 0 spiro atoms. The molecule has 0 bridgehead atoms. The van der Waals surface area contributed by atoms with Crippen LogP contribution >= 0.6 is 11.3 Å². The molecule has 2 fully saturated rings. The summed E-state index contributed by atoms with van der Waals surface area (Å²) in [6.07, 6.45) is 2.12. The summed E-state index contributed by atoms with van der Waals surface area (Å²) < 4.78 is 9.83. The van der Waals surface area contributed by atoms with Gasteiger partial charge in [0.05, 0.1) is 25.6 Å². The Hall–Kier alpha value is -2.36. The van der Waals surface area contributed by atoms with Crippen molar-refractivity contribution in [3.8, 4) is 0 Å². The van der Waals surface area contributed by atoms with E-state index in [4.69, 9.17) is 9.47 Å². The molecule has 3 rings (SSSR count). The number of esters is 1. The van der Waals surface area contributed by atoms with Gasteiger partial charge in [0, 0.05) is 24.2 Å². The third kappa shape index (κ3) is 4.19. The van der Waals surface area contributed by atoms with Gasteiger partial charge in [-0.1, -0.05) is 0 Å². The van der Waals surface area contributed by atoms with Gasteiger partial charge < -0.3 is 14.4 Å². The minimum atomic E-state index is -0.316. The number of carbonyl (C=O) groups excluding carboxylic acids is 3. The van der Waals surface area contributed by atoms with Crippen molar-refractivity contribution in [2.45, 2.75) is 25.8 Å². The maximum Gasteiger partial charge on any atom is 0.410 e. The molecular weight excluding hydrogens is 348 g/mol. The van der Waals surface area contributed by atoms with E-state index < -0.39 is 0 Å². The van der Waals surface area contributed by atoms with Gasteiger partial charge in [0.25, 0.3) is 0 Å². The largest absolute Gasteiger partial charge is 0.466 e. The van der Waals surface area contributed by atoms with Crippen LogP contribution in [0.4, 0.5) is 14.7 Å². The van der Waals surface area contributed by atoms with Crippen LogP contribution in [0.3, 0.4) is 0 Å². The highest BCUT2D eigenvalue weighted by Crippen LogP contribution is 2.22. The number of likely N-dealkylation sites (tertiary alicyclic amines) is 1. The van der Waals surface area contributed by atoms with Crippen molar-refractivity contribution in [1.82, 2.24) is 14.8 Å². The molecule has 2 aliphatic rings. The van der Waals surface area contributed by atoms with Crippen LogP contribution in [-0.4, -0.2) is 71.8 Å². The van der Waals surface area contributed by atoms with Gasteiger partial charge in [-0.05, 0) is 13.3 Å². The van der Waals surface area contributed by atoms with Crippen molar-refractivity contribution in [2.24, 2.45) is 0 Å². The van der Waals surface area contributed by atoms with Crippen LogP contribution in [0.25, 0.3) is 0 Å². The van der Waals surface area contributed by atoms with Crippen molar-refractivity contribution in [1.29, 1.82) is 0 Å². The molecule has 0 aliphatic carbocycles. The van der Waals surface area contributed by atoms with Crippen LogP contribution in [0, 0.1) is 0 Å². The quantitative estimate of drug-likeness (QED) is 0.787. The summed E-state index contributed by atoms with van der Waals surface area (Å²) >= 11 is 1.25. The third-order valence-electron chi connectivity index (χ3n) is 4.07. The van der Waals surface area contributed by atoms with E-state index >= 15 is 0 Å². The molecule has 3 heterocycles. The minimum absolute atomic E-state index is 0.00331. The third-order valence-corrected chi connectivity index (χ3v) is 4.99. The second-order valence-electron chi connectivity index (χ2n) is 5.74. The number of hydrogen-bond acceptors (Lipinski definition) is 7. The number of carbonyl (C=O) groups is 3. The number of anilines is 1. The number of hydrogen-bond donors (Lipinski definition) is 1. The zero-order chi connectivity index (χ0) is 17.8. The monoisotopic (exact) mass is 368 g/mol. The van der Waals surface area contributed by atoms with Crippen LogP contribution in [-0.2, 0) is 20.7 Å². The van der Waals surface area contributed by atoms with Crippen LogP contribution in [0.2, 0.25) is 0 Å². The fourth-order valence-electron chi connectivity index (χ4n) is 2.89. The topological polar surface area (TPSA) is 101 Å². The lowest BCUT2D eigenvalue weighted by molar-refractivity contribution is -0.142. The molecule has 2 aliphatic heterocycles. The highest BCUT2D eigenvalue weighted by molar-refractivity contribution is 7.15. The Balaban J connectivity index is 1.50. The summed E-state index contributed by atoms with van der Waals surface area (Å²) in [5, 5.41) is 3.18. The predicted molar refractivity (Wildman–Crippen MR) is 89.5 cm³/mol. The van der Waals surface area contributed by atoms with E-state index in [0.29, 0.717) is 38.0 Å². The zero-order valence-electron chi connectivity index (χ0n) is 13.9. The summed E-state index contributed by atoms with van der Waals surface area (Å²) in [5.41, 5.74) is 0. The predicted octanol–water partition coefficient (Wildman–Crippen LogP) is 1.31. The highest BCUT2D eigenvalue weighted by atomic mass is 32.1. The van der Waals surface area contributed by atoms with E-state index in [-0.39, 0.29) is 30.6 Å². The van der Waals surface area contributed by atoms with Gasteiger partial charge in [-0.15, -0.1) is 11.3 Å². The molecule has 25 heavy (non-hydrogen) atoms. The molecule has 0 aromatic carbocycles. The van der Waals surface area contributed by atoms with Gasteiger partial charge in [-0.25, -0.2) is 14.6 Å². The number of urea groups is 1. The van der Waals surface area contributed by atoms with E-state index in [1.54, 1.807) is 22.9 Å². The number of cyclic esters (lactones) is 1. The lowest BCUT2D eigenvalue weighted by Crippen LogP contribution is -2.40. The van der Waals surface area contributed by atoms with Crippen molar-refractivity contribution < 1.29 is 23.9 Å². The molecular formula is C15H20N4O5S. The molecule has 0 saturated carbocycles. The normalized spacial score (nSPS) is 19.9. The molecule has 1 N–H and O–H groups in total. The number of nitrogens with zero attached hydrogens (tertiary/aromatic N) is 3. The number of thiazole rings is 1. The van der Waals surface area contributed by atoms with Crippen molar-refractivity contribution in [3.05, 3.63) is 11.1 Å². The van der Waals surface area contributed by atoms with Crippen molar-refractivity contribution in [3.63, 3.8) is 0 Å². The van der Waals surface area contributed by atoms with E-state index in [0.717, 1.165) is 11.3 Å². The number of aromatic nitrogens is 1. The standard InChI is InChI=1S/C15H20N4O5S/c1-2-23-12(20)7-11-8-16-13(25-11)17-14(21)18-4-3-10(9-18)19-5-6-24-15(19)22/h8,10H,2-7,9H2,1H3,(H,16,17,21). The molecule has 1 aromatic rings. The van der Waals surface area contributed by atoms with E-state index in [2.05, 4.69) is 10.3 Å². The molecule has 1 aromatic heterocycles. The second-order valence-corrected chi connectivity index (χ2v) is 6.86. The molecule has 1 unspecified atom stereocenters. The van der Waals surface area contributed by atoms with Crippen LogP contribution in [0.1, 0.15) is 18.2 Å². The van der Waals surface area contributed by atoms with E-state index in [9.17, 15) is 14.4 Å². The molecule has 2 saturated heterocycles. The number of rotatable bonds is 5. The summed E-state index contributed by atoms with van der Waals surface area (Å²) in [5.74, 6) is -0.316. The summed E-state index contributed by atoms with van der Waals surface area (Å²) in [6, 6.07) is -0.261. The lowest BCUT2D eigenvalue weighted by Gasteiger charge is -2.21. The van der Waals surface area contributed by atoms with Crippen LogP contribution in [0.15, 0.2) is 6.20 Å². The number of amides is 3. The Kier molecular flexibility index (Phi) is 5.37. The van der Waals surface area contributed by atoms with E-state index in [1.807, 2.05) is 0 Å². The number of nitrogens with one attached hydrogen (secondary N) is 1. The van der Waals surface area contributed by atoms with Gasteiger partial charge in [0.15, 0.2) is 5.13 Å². The smallest absolute Gasteiger partial charge is 0.410 e. The maximum absolute atomic E-state index is 12.3. The highest BCUT2D eigenvalue weighted by Gasteiger charge is 2.36. The average molecular weight is 368 g/mol. The van der Waals surface area contributed by atoms with Crippen molar-refractivity contribution >= 4 is 34.6 Å².